The Bertz CT molecular complexity index is 262. The van der Waals surface area contributed by atoms with Crippen LogP contribution in [0.3, 0.4) is 0 Å². The number of hydrogen-bond donors (Lipinski definition) is 1. The molecular weight excluding hydrogens is 188 g/mol. The molecule has 0 radical (unpaired) electrons. The SMILES string of the molecule is CCC(CC)(CN)OCc1cccnc1. The Balaban J connectivity index is 2.54. The van der Waals surface area contributed by atoms with E-state index in [2.05, 4.69) is 18.8 Å². The summed E-state index contributed by atoms with van der Waals surface area (Å²) in [5, 5.41) is 0. The van der Waals surface area contributed by atoms with E-state index in [1.807, 2.05) is 18.3 Å². The molecule has 0 aromatic carbocycles. The largest absolute Gasteiger partial charge is 0.369 e. The summed E-state index contributed by atoms with van der Waals surface area (Å²) in [5.41, 5.74) is 6.68. The van der Waals surface area contributed by atoms with Crippen LogP contribution >= 0.6 is 0 Å². The molecule has 1 heterocycles. The van der Waals surface area contributed by atoms with Crippen molar-refractivity contribution in [2.45, 2.75) is 38.9 Å². The third-order valence-corrected chi connectivity index (χ3v) is 2.93. The molecule has 0 saturated heterocycles. The molecule has 0 aliphatic carbocycles. The van der Waals surface area contributed by atoms with Crippen LogP contribution in [0.5, 0.6) is 0 Å². The van der Waals surface area contributed by atoms with Crippen molar-refractivity contribution in [3.63, 3.8) is 0 Å². The number of rotatable bonds is 6. The predicted octanol–water partition coefficient (Wildman–Crippen LogP) is 2.12. The van der Waals surface area contributed by atoms with Crippen LogP contribution in [0.4, 0.5) is 0 Å². The van der Waals surface area contributed by atoms with Crippen LogP contribution in [0.2, 0.25) is 0 Å². The van der Waals surface area contributed by atoms with E-state index in [4.69, 9.17) is 10.5 Å². The van der Waals surface area contributed by atoms with Crippen molar-refractivity contribution < 1.29 is 4.74 Å². The molecule has 0 saturated carbocycles. The second-order valence-corrected chi connectivity index (χ2v) is 3.74. The van der Waals surface area contributed by atoms with E-state index in [1.54, 1.807) is 6.20 Å². The maximum absolute atomic E-state index is 5.90. The predicted molar refractivity (Wildman–Crippen MR) is 61.4 cm³/mol. The van der Waals surface area contributed by atoms with Crippen LogP contribution in [0.25, 0.3) is 0 Å². The highest BCUT2D eigenvalue weighted by Gasteiger charge is 2.24. The van der Waals surface area contributed by atoms with Gasteiger partial charge in [-0.05, 0) is 24.5 Å². The lowest BCUT2D eigenvalue weighted by molar-refractivity contribution is -0.0554. The number of ether oxygens (including phenoxy) is 1. The third-order valence-electron chi connectivity index (χ3n) is 2.93. The summed E-state index contributed by atoms with van der Waals surface area (Å²) in [5.74, 6) is 0. The summed E-state index contributed by atoms with van der Waals surface area (Å²) in [6, 6.07) is 3.93. The number of hydrogen-bond acceptors (Lipinski definition) is 3. The molecule has 2 N–H and O–H groups in total. The lowest BCUT2D eigenvalue weighted by Gasteiger charge is -2.30. The van der Waals surface area contributed by atoms with Crippen molar-refractivity contribution in [2.75, 3.05) is 6.54 Å². The number of nitrogens with zero attached hydrogens (tertiary/aromatic N) is 1. The Morgan fingerprint density at radius 3 is 2.60 bits per heavy atom. The van der Waals surface area contributed by atoms with E-state index in [-0.39, 0.29) is 5.60 Å². The Morgan fingerprint density at radius 1 is 1.40 bits per heavy atom. The van der Waals surface area contributed by atoms with Gasteiger partial charge in [0.2, 0.25) is 0 Å². The molecule has 0 amide bonds. The first kappa shape index (κ1) is 12.1. The Labute approximate surface area is 91.7 Å². The molecule has 0 atom stereocenters. The molecule has 1 aromatic rings. The fourth-order valence-electron chi connectivity index (χ4n) is 1.52. The fourth-order valence-corrected chi connectivity index (χ4v) is 1.52. The van der Waals surface area contributed by atoms with Gasteiger partial charge in [0, 0.05) is 18.9 Å². The maximum Gasteiger partial charge on any atom is 0.0803 e. The topological polar surface area (TPSA) is 48.1 Å². The van der Waals surface area contributed by atoms with Crippen molar-refractivity contribution in [3.8, 4) is 0 Å². The quantitative estimate of drug-likeness (QED) is 0.779. The van der Waals surface area contributed by atoms with Gasteiger partial charge in [-0.2, -0.15) is 0 Å². The van der Waals surface area contributed by atoms with Gasteiger partial charge in [-0.3, -0.25) is 4.98 Å². The summed E-state index contributed by atoms with van der Waals surface area (Å²) in [6.45, 7) is 5.38. The summed E-state index contributed by atoms with van der Waals surface area (Å²) >= 11 is 0. The lowest BCUT2D eigenvalue weighted by atomic mass is 9.97. The van der Waals surface area contributed by atoms with Gasteiger partial charge >= 0.3 is 0 Å². The van der Waals surface area contributed by atoms with Gasteiger partial charge in [0.15, 0.2) is 0 Å². The van der Waals surface area contributed by atoms with Crippen molar-refractivity contribution in [1.82, 2.24) is 4.98 Å². The van der Waals surface area contributed by atoms with Crippen molar-refractivity contribution in [2.24, 2.45) is 5.73 Å². The molecular formula is C12H20N2O. The van der Waals surface area contributed by atoms with E-state index in [0.717, 1.165) is 18.4 Å². The smallest absolute Gasteiger partial charge is 0.0803 e. The first-order valence-corrected chi connectivity index (χ1v) is 5.49. The molecule has 0 bridgehead atoms. The molecule has 3 heteroatoms. The van der Waals surface area contributed by atoms with Crippen LogP contribution in [0, 0.1) is 0 Å². The summed E-state index contributed by atoms with van der Waals surface area (Å²) in [6.07, 6.45) is 5.48. The first-order chi connectivity index (χ1) is 7.26. The third kappa shape index (κ3) is 3.29. The number of pyridine rings is 1. The minimum atomic E-state index is -0.171. The second-order valence-electron chi connectivity index (χ2n) is 3.74. The molecule has 1 aromatic heterocycles. The molecule has 0 aliphatic rings. The molecule has 0 aliphatic heterocycles. The zero-order valence-electron chi connectivity index (χ0n) is 9.57. The van der Waals surface area contributed by atoms with E-state index < -0.39 is 0 Å². The zero-order valence-corrected chi connectivity index (χ0v) is 9.57. The first-order valence-electron chi connectivity index (χ1n) is 5.49. The molecule has 84 valence electrons. The molecule has 3 nitrogen and oxygen atoms in total. The van der Waals surface area contributed by atoms with Crippen molar-refractivity contribution >= 4 is 0 Å². The fraction of sp³-hybridized carbons (Fsp3) is 0.583. The molecule has 15 heavy (non-hydrogen) atoms. The van der Waals surface area contributed by atoms with Gasteiger partial charge in [-0.1, -0.05) is 19.9 Å². The van der Waals surface area contributed by atoms with Crippen molar-refractivity contribution in [1.29, 1.82) is 0 Å². The minimum Gasteiger partial charge on any atom is -0.369 e. The molecule has 0 fully saturated rings. The average molecular weight is 208 g/mol. The highest BCUT2D eigenvalue weighted by Crippen LogP contribution is 2.20. The van der Waals surface area contributed by atoms with E-state index in [9.17, 15) is 0 Å². The van der Waals surface area contributed by atoms with Crippen LogP contribution in [-0.2, 0) is 11.3 Å². The van der Waals surface area contributed by atoms with Gasteiger partial charge in [-0.15, -0.1) is 0 Å². The Morgan fingerprint density at radius 2 is 2.13 bits per heavy atom. The highest BCUT2D eigenvalue weighted by atomic mass is 16.5. The normalized spacial score (nSPS) is 11.7. The van der Waals surface area contributed by atoms with Crippen molar-refractivity contribution in [3.05, 3.63) is 30.1 Å². The van der Waals surface area contributed by atoms with Gasteiger partial charge in [-0.25, -0.2) is 0 Å². The van der Waals surface area contributed by atoms with E-state index >= 15 is 0 Å². The van der Waals surface area contributed by atoms with E-state index in [1.165, 1.54) is 0 Å². The lowest BCUT2D eigenvalue weighted by Crippen LogP contribution is -2.39. The zero-order chi connectivity index (χ0) is 11.1. The van der Waals surface area contributed by atoms with Crippen LogP contribution < -0.4 is 5.73 Å². The van der Waals surface area contributed by atoms with Gasteiger partial charge in [0.05, 0.1) is 12.2 Å². The highest BCUT2D eigenvalue weighted by molar-refractivity contribution is 5.07. The van der Waals surface area contributed by atoms with Gasteiger partial charge in [0.1, 0.15) is 0 Å². The summed E-state index contributed by atoms with van der Waals surface area (Å²) in [4.78, 5) is 4.05. The monoisotopic (exact) mass is 208 g/mol. The van der Waals surface area contributed by atoms with Gasteiger partial charge < -0.3 is 10.5 Å². The average Bonchev–Trinajstić information content (AvgIpc) is 2.33. The summed E-state index contributed by atoms with van der Waals surface area (Å²) in [7, 11) is 0. The molecule has 1 rings (SSSR count). The Kier molecular flexibility index (Phi) is 4.72. The minimum absolute atomic E-state index is 0.171. The van der Waals surface area contributed by atoms with E-state index in [0.29, 0.717) is 13.2 Å². The maximum atomic E-state index is 5.90. The summed E-state index contributed by atoms with van der Waals surface area (Å²) < 4.78 is 5.90. The van der Waals surface area contributed by atoms with Gasteiger partial charge in [0.25, 0.3) is 0 Å². The standard InChI is InChI=1S/C12H20N2O/c1-3-12(4-2,10-13)15-9-11-6-5-7-14-8-11/h5-8H,3-4,9-10,13H2,1-2H3. The molecule has 0 spiro atoms. The van der Waals surface area contributed by atoms with Crippen LogP contribution in [0.1, 0.15) is 32.3 Å². The second kappa shape index (κ2) is 5.83. The molecule has 0 unspecified atom stereocenters. The van der Waals surface area contributed by atoms with Crippen LogP contribution in [0.15, 0.2) is 24.5 Å². The number of aromatic nitrogens is 1. The number of nitrogens with two attached hydrogens (primary N) is 1. The Hall–Kier alpha value is -0.930. The van der Waals surface area contributed by atoms with Crippen LogP contribution in [-0.4, -0.2) is 17.1 Å².